The summed E-state index contributed by atoms with van der Waals surface area (Å²) < 4.78 is 0. The number of carbonyl (C=O) groups excluding carboxylic acids is 2. The lowest BCUT2D eigenvalue weighted by atomic mass is 10.1. The van der Waals surface area contributed by atoms with E-state index < -0.39 is 0 Å². The maximum absolute atomic E-state index is 10.9. The van der Waals surface area contributed by atoms with E-state index in [2.05, 4.69) is 0 Å². The van der Waals surface area contributed by atoms with Crippen molar-refractivity contribution in [1.82, 2.24) is 0 Å². The summed E-state index contributed by atoms with van der Waals surface area (Å²) in [7, 11) is 0. The van der Waals surface area contributed by atoms with Crippen LogP contribution in [0, 0.1) is 0 Å². The average Bonchev–Trinajstić information content (AvgIpc) is 2.12. The highest BCUT2D eigenvalue weighted by Gasteiger charge is 2.02. The molecule has 13 heavy (non-hydrogen) atoms. The highest BCUT2D eigenvalue weighted by molar-refractivity contribution is 5.79. The van der Waals surface area contributed by atoms with Gasteiger partial charge >= 0.3 is 0 Å². The molecule has 0 aliphatic heterocycles. The van der Waals surface area contributed by atoms with Crippen molar-refractivity contribution in [2.24, 2.45) is 0 Å². The number of hydrogen-bond acceptors (Lipinski definition) is 3. The summed E-state index contributed by atoms with van der Waals surface area (Å²) in [5, 5.41) is 8.44. The molecule has 0 amide bonds. The first-order valence-electron chi connectivity index (χ1n) is 4.85. The monoisotopic (exact) mass is 186 g/mol. The van der Waals surface area contributed by atoms with E-state index in [4.69, 9.17) is 5.11 Å². The van der Waals surface area contributed by atoms with Crippen LogP contribution in [0.4, 0.5) is 0 Å². The van der Waals surface area contributed by atoms with Crippen molar-refractivity contribution in [1.29, 1.82) is 0 Å². The molecule has 0 saturated carbocycles. The molecular weight excluding hydrogens is 168 g/mol. The molecule has 1 N–H and O–H groups in total. The van der Waals surface area contributed by atoms with E-state index in [0.29, 0.717) is 19.3 Å². The van der Waals surface area contributed by atoms with Crippen LogP contribution >= 0.6 is 0 Å². The summed E-state index contributed by atoms with van der Waals surface area (Å²) in [6.07, 6.45) is 3.49. The molecule has 3 nitrogen and oxygen atoms in total. The van der Waals surface area contributed by atoms with Crippen LogP contribution in [0.1, 0.15) is 45.4 Å². The molecule has 0 spiro atoms. The molecule has 0 unspecified atom stereocenters. The zero-order valence-corrected chi connectivity index (χ0v) is 8.21. The number of hydrogen-bond donors (Lipinski definition) is 1. The SMILES string of the molecule is CCC(=O)CCCCC(=O)CCO. The maximum Gasteiger partial charge on any atom is 0.135 e. The molecule has 0 radical (unpaired) electrons. The third-order valence-corrected chi connectivity index (χ3v) is 1.95. The third kappa shape index (κ3) is 7.65. The molecule has 0 saturated heterocycles. The van der Waals surface area contributed by atoms with E-state index in [9.17, 15) is 9.59 Å². The number of ketones is 2. The van der Waals surface area contributed by atoms with Gasteiger partial charge in [-0.2, -0.15) is 0 Å². The molecule has 0 aromatic heterocycles. The maximum atomic E-state index is 10.9. The lowest BCUT2D eigenvalue weighted by Crippen LogP contribution is -2.01. The average molecular weight is 186 g/mol. The fraction of sp³-hybridized carbons (Fsp3) is 0.800. The Kier molecular flexibility index (Phi) is 7.50. The van der Waals surface area contributed by atoms with Crippen LogP contribution in [0.15, 0.2) is 0 Å². The van der Waals surface area contributed by atoms with Crippen molar-refractivity contribution < 1.29 is 14.7 Å². The van der Waals surface area contributed by atoms with Crippen LogP contribution < -0.4 is 0 Å². The second kappa shape index (κ2) is 7.92. The standard InChI is InChI=1S/C10H18O3/c1-2-9(12)5-3-4-6-10(13)7-8-11/h11H,2-8H2,1H3. The molecule has 0 aromatic rings. The fourth-order valence-corrected chi connectivity index (χ4v) is 1.07. The van der Waals surface area contributed by atoms with E-state index >= 15 is 0 Å². The normalized spacial score (nSPS) is 10.0. The first-order chi connectivity index (χ1) is 6.20. The third-order valence-electron chi connectivity index (χ3n) is 1.95. The van der Waals surface area contributed by atoms with Gasteiger partial charge in [0, 0.05) is 32.3 Å². The summed E-state index contributed by atoms with van der Waals surface area (Å²) in [6, 6.07) is 0. The minimum absolute atomic E-state index is 0.0628. The predicted octanol–water partition coefficient (Wildman–Crippen LogP) is 1.48. The van der Waals surface area contributed by atoms with Crippen molar-refractivity contribution >= 4 is 11.6 Å². The minimum atomic E-state index is -0.0628. The van der Waals surface area contributed by atoms with Crippen LogP contribution in [0.25, 0.3) is 0 Å². The summed E-state index contributed by atoms with van der Waals surface area (Å²) in [6.45, 7) is 1.78. The first-order valence-corrected chi connectivity index (χ1v) is 4.85. The molecule has 0 atom stereocenters. The van der Waals surface area contributed by atoms with Gasteiger partial charge in [-0.15, -0.1) is 0 Å². The second-order valence-corrected chi connectivity index (χ2v) is 3.11. The Morgan fingerprint density at radius 1 is 1.00 bits per heavy atom. The predicted molar refractivity (Wildman–Crippen MR) is 50.5 cm³/mol. The van der Waals surface area contributed by atoms with E-state index in [0.717, 1.165) is 12.8 Å². The quantitative estimate of drug-likeness (QED) is 0.584. The Hall–Kier alpha value is -0.700. The highest BCUT2D eigenvalue weighted by atomic mass is 16.3. The summed E-state index contributed by atoms with van der Waals surface area (Å²) in [5.41, 5.74) is 0. The molecule has 0 bridgehead atoms. The number of carbonyl (C=O) groups is 2. The van der Waals surface area contributed by atoms with E-state index in [1.165, 1.54) is 0 Å². The zero-order chi connectivity index (χ0) is 10.1. The molecule has 0 aromatic carbocycles. The molecule has 0 heterocycles. The van der Waals surface area contributed by atoms with E-state index in [1.807, 2.05) is 6.92 Å². The Bertz CT molecular complexity index is 164. The van der Waals surface area contributed by atoms with Crippen molar-refractivity contribution in [3.8, 4) is 0 Å². The minimum Gasteiger partial charge on any atom is -0.396 e. The van der Waals surface area contributed by atoms with Gasteiger partial charge in [-0.3, -0.25) is 9.59 Å². The summed E-state index contributed by atoms with van der Waals surface area (Å²) in [5.74, 6) is 0.348. The number of aliphatic hydroxyl groups excluding tert-OH is 1. The van der Waals surface area contributed by atoms with Gasteiger partial charge in [0.15, 0.2) is 0 Å². The number of unbranched alkanes of at least 4 members (excludes halogenated alkanes) is 1. The van der Waals surface area contributed by atoms with Gasteiger partial charge < -0.3 is 5.11 Å². The fourth-order valence-electron chi connectivity index (χ4n) is 1.07. The zero-order valence-electron chi connectivity index (χ0n) is 8.21. The first kappa shape index (κ1) is 12.3. The highest BCUT2D eigenvalue weighted by Crippen LogP contribution is 2.03. The van der Waals surface area contributed by atoms with Gasteiger partial charge in [-0.1, -0.05) is 6.92 Å². The van der Waals surface area contributed by atoms with Gasteiger partial charge in [-0.05, 0) is 12.8 Å². The van der Waals surface area contributed by atoms with Gasteiger partial charge in [0.2, 0.25) is 0 Å². The van der Waals surface area contributed by atoms with Gasteiger partial charge in [0.05, 0.1) is 0 Å². The van der Waals surface area contributed by atoms with Gasteiger partial charge in [0.25, 0.3) is 0 Å². The molecule has 76 valence electrons. The van der Waals surface area contributed by atoms with Crippen LogP contribution in [0.2, 0.25) is 0 Å². The Morgan fingerprint density at radius 2 is 1.54 bits per heavy atom. The molecule has 0 rings (SSSR count). The number of Topliss-reactive ketones (excluding diaryl/α,β-unsaturated/α-hetero) is 2. The lowest BCUT2D eigenvalue weighted by molar-refractivity contribution is -0.121. The largest absolute Gasteiger partial charge is 0.396 e. The van der Waals surface area contributed by atoms with Crippen molar-refractivity contribution in [2.75, 3.05) is 6.61 Å². The smallest absolute Gasteiger partial charge is 0.135 e. The topological polar surface area (TPSA) is 54.4 Å². The van der Waals surface area contributed by atoms with Crippen molar-refractivity contribution in [2.45, 2.75) is 45.4 Å². The van der Waals surface area contributed by atoms with Gasteiger partial charge in [0.1, 0.15) is 11.6 Å². The van der Waals surface area contributed by atoms with Crippen molar-refractivity contribution in [3.63, 3.8) is 0 Å². The van der Waals surface area contributed by atoms with E-state index in [1.54, 1.807) is 0 Å². The summed E-state index contributed by atoms with van der Waals surface area (Å²) >= 11 is 0. The number of aliphatic hydroxyl groups is 1. The Morgan fingerprint density at radius 3 is 2.00 bits per heavy atom. The van der Waals surface area contributed by atoms with Crippen LogP contribution in [0.5, 0.6) is 0 Å². The Balaban J connectivity index is 3.25. The van der Waals surface area contributed by atoms with Crippen LogP contribution in [-0.2, 0) is 9.59 Å². The molecule has 0 aliphatic rings. The van der Waals surface area contributed by atoms with Gasteiger partial charge in [-0.25, -0.2) is 0 Å². The molecule has 3 heteroatoms. The molecule has 0 fully saturated rings. The summed E-state index contributed by atoms with van der Waals surface area (Å²) in [4.78, 5) is 21.8. The lowest BCUT2D eigenvalue weighted by Gasteiger charge is -1.98. The second-order valence-electron chi connectivity index (χ2n) is 3.11. The number of rotatable bonds is 8. The Labute approximate surface area is 79.1 Å². The molecule has 0 aliphatic carbocycles. The van der Waals surface area contributed by atoms with Crippen LogP contribution in [0.3, 0.4) is 0 Å². The molecular formula is C10H18O3. The van der Waals surface area contributed by atoms with Crippen LogP contribution in [-0.4, -0.2) is 23.3 Å². The van der Waals surface area contributed by atoms with E-state index in [-0.39, 0.29) is 24.6 Å². The van der Waals surface area contributed by atoms with Crippen molar-refractivity contribution in [3.05, 3.63) is 0 Å².